The van der Waals surface area contributed by atoms with Crippen LogP contribution in [0.15, 0.2) is 71.3 Å². The van der Waals surface area contributed by atoms with Crippen LogP contribution in [-0.4, -0.2) is 10.9 Å². The summed E-state index contributed by atoms with van der Waals surface area (Å²) in [7, 11) is 0. The van der Waals surface area contributed by atoms with Gasteiger partial charge in [-0.1, -0.05) is 67.6 Å². The SMILES string of the molecule is CCc1coc(C(Cc2ccccc2)NC(=O)Cc2ccccc2)n1. The summed E-state index contributed by atoms with van der Waals surface area (Å²) in [4.78, 5) is 17.0. The van der Waals surface area contributed by atoms with Crippen molar-refractivity contribution < 1.29 is 9.21 Å². The van der Waals surface area contributed by atoms with Crippen molar-refractivity contribution in [2.24, 2.45) is 0 Å². The van der Waals surface area contributed by atoms with E-state index >= 15 is 0 Å². The molecule has 1 N–H and O–H groups in total. The van der Waals surface area contributed by atoms with Gasteiger partial charge in [0.15, 0.2) is 0 Å². The molecule has 0 aliphatic heterocycles. The highest BCUT2D eigenvalue weighted by molar-refractivity contribution is 5.78. The highest BCUT2D eigenvalue weighted by atomic mass is 16.3. The predicted octanol–water partition coefficient (Wildman–Crippen LogP) is 3.88. The lowest BCUT2D eigenvalue weighted by molar-refractivity contribution is -0.121. The lowest BCUT2D eigenvalue weighted by Crippen LogP contribution is -2.31. The molecule has 3 aromatic rings. The zero-order valence-electron chi connectivity index (χ0n) is 14.3. The molecule has 0 aliphatic rings. The van der Waals surface area contributed by atoms with Gasteiger partial charge in [0.05, 0.1) is 12.1 Å². The average Bonchev–Trinajstić information content (AvgIpc) is 3.12. The van der Waals surface area contributed by atoms with E-state index in [1.54, 1.807) is 6.26 Å². The Balaban J connectivity index is 1.74. The molecule has 0 bridgehead atoms. The second kappa shape index (κ2) is 8.29. The van der Waals surface area contributed by atoms with Crippen LogP contribution in [0, 0.1) is 0 Å². The fraction of sp³-hybridized carbons (Fsp3) is 0.238. The van der Waals surface area contributed by atoms with Crippen LogP contribution < -0.4 is 5.32 Å². The predicted molar refractivity (Wildman–Crippen MR) is 97.1 cm³/mol. The lowest BCUT2D eigenvalue weighted by atomic mass is 10.1. The number of hydrogen-bond donors (Lipinski definition) is 1. The Labute approximate surface area is 147 Å². The summed E-state index contributed by atoms with van der Waals surface area (Å²) >= 11 is 0. The van der Waals surface area contributed by atoms with Crippen LogP contribution in [-0.2, 0) is 24.1 Å². The Kier molecular flexibility index (Phi) is 5.62. The van der Waals surface area contributed by atoms with E-state index in [-0.39, 0.29) is 11.9 Å². The van der Waals surface area contributed by atoms with Gasteiger partial charge in [-0.05, 0) is 17.5 Å². The molecule has 0 radical (unpaired) electrons. The van der Waals surface area contributed by atoms with Crippen LogP contribution in [0.1, 0.15) is 35.7 Å². The number of aromatic nitrogens is 1. The molecule has 0 saturated heterocycles. The number of hydrogen-bond acceptors (Lipinski definition) is 3. The number of carbonyl (C=O) groups excluding carboxylic acids is 1. The zero-order valence-corrected chi connectivity index (χ0v) is 14.3. The minimum absolute atomic E-state index is 0.0385. The number of nitrogens with zero attached hydrogens (tertiary/aromatic N) is 1. The van der Waals surface area contributed by atoms with E-state index in [2.05, 4.69) is 10.3 Å². The molecular weight excluding hydrogens is 312 g/mol. The number of nitrogens with one attached hydrogen (secondary N) is 1. The molecule has 1 heterocycles. The van der Waals surface area contributed by atoms with Gasteiger partial charge in [0.2, 0.25) is 11.8 Å². The van der Waals surface area contributed by atoms with Crippen LogP contribution in [0.3, 0.4) is 0 Å². The largest absolute Gasteiger partial charge is 0.446 e. The third kappa shape index (κ3) is 4.80. The first kappa shape index (κ1) is 17.0. The van der Waals surface area contributed by atoms with E-state index in [0.717, 1.165) is 23.2 Å². The molecule has 0 saturated carbocycles. The molecule has 0 aliphatic carbocycles. The zero-order chi connectivity index (χ0) is 17.5. The standard InChI is InChI=1S/C21H22N2O2/c1-2-18-15-25-21(22-18)19(13-16-9-5-3-6-10-16)23-20(24)14-17-11-7-4-8-12-17/h3-12,15,19H,2,13-14H2,1H3,(H,23,24). The maximum Gasteiger partial charge on any atom is 0.225 e. The first-order valence-corrected chi connectivity index (χ1v) is 8.56. The fourth-order valence-corrected chi connectivity index (χ4v) is 2.72. The first-order valence-electron chi connectivity index (χ1n) is 8.56. The Hall–Kier alpha value is -2.88. The summed E-state index contributed by atoms with van der Waals surface area (Å²) in [6.07, 6.45) is 3.45. The Morgan fingerprint density at radius 3 is 2.28 bits per heavy atom. The summed E-state index contributed by atoms with van der Waals surface area (Å²) in [5.41, 5.74) is 3.01. The van der Waals surface area contributed by atoms with Crippen molar-refractivity contribution >= 4 is 5.91 Å². The smallest absolute Gasteiger partial charge is 0.225 e. The van der Waals surface area contributed by atoms with Crippen molar-refractivity contribution in [2.75, 3.05) is 0 Å². The van der Waals surface area contributed by atoms with Crippen molar-refractivity contribution in [2.45, 2.75) is 32.2 Å². The van der Waals surface area contributed by atoms with Gasteiger partial charge in [-0.15, -0.1) is 0 Å². The van der Waals surface area contributed by atoms with Gasteiger partial charge in [-0.3, -0.25) is 4.79 Å². The number of amides is 1. The quantitative estimate of drug-likeness (QED) is 0.713. The van der Waals surface area contributed by atoms with Crippen LogP contribution in [0.5, 0.6) is 0 Å². The van der Waals surface area contributed by atoms with Gasteiger partial charge in [0.25, 0.3) is 0 Å². The van der Waals surface area contributed by atoms with Crippen molar-refractivity contribution in [1.29, 1.82) is 0 Å². The lowest BCUT2D eigenvalue weighted by Gasteiger charge is -2.16. The number of rotatable bonds is 7. The Morgan fingerprint density at radius 1 is 1.04 bits per heavy atom. The van der Waals surface area contributed by atoms with Gasteiger partial charge in [-0.25, -0.2) is 4.98 Å². The van der Waals surface area contributed by atoms with Crippen molar-refractivity contribution in [1.82, 2.24) is 10.3 Å². The second-order valence-corrected chi connectivity index (χ2v) is 6.00. The molecule has 1 unspecified atom stereocenters. The number of carbonyl (C=O) groups is 1. The molecule has 2 aromatic carbocycles. The highest BCUT2D eigenvalue weighted by Gasteiger charge is 2.20. The third-order valence-corrected chi connectivity index (χ3v) is 4.06. The van der Waals surface area contributed by atoms with Crippen molar-refractivity contribution in [3.8, 4) is 0 Å². The number of aryl methyl sites for hydroxylation is 1. The van der Waals surface area contributed by atoms with E-state index in [4.69, 9.17) is 4.42 Å². The van der Waals surface area contributed by atoms with Crippen molar-refractivity contribution in [3.05, 3.63) is 89.6 Å². The van der Waals surface area contributed by atoms with E-state index < -0.39 is 0 Å². The normalized spacial score (nSPS) is 11.9. The molecule has 1 amide bonds. The summed E-state index contributed by atoms with van der Waals surface area (Å²) in [6.45, 7) is 2.03. The molecular formula is C21H22N2O2. The minimum Gasteiger partial charge on any atom is -0.446 e. The van der Waals surface area contributed by atoms with Gasteiger partial charge in [0.1, 0.15) is 12.3 Å². The van der Waals surface area contributed by atoms with Gasteiger partial charge >= 0.3 is 0 Å². The van der Waals surface area contributed by atoms with Crippen LogP contribution in [0.4, 0.5) is 0 Å². The molecule has 25 heavy (non-hydrogen) atoms. The summed E-state index contributed by atoms with van der Waals surface area (Å²) in [6, 6.07) is 19.5. The molecule has 0 fully saturated rings. The highest BCUT2D eigenvalue weighted by Crippen LogP contribution is 2.19. The van der Waals surface area contributed by atoms with Crippen LogP contribution in [0.2, 0.25) is 0 Å². The number of benzene rings is 2. The van der Waals surface area contributed by atoms with Gasteiger partial charge in [-0.2, -0.15) is 0 Å². The summed E-state index contributed by atoms with van der Waals surface area (Å²) in [5.74, 6) is 0.519. The molecule has 128 valence electrons. The minimum atomic E-state index is -0.279. The summed E-state index contributed by atoms with van der Waals surface area (Å²) < 4.78 is 5.62. The fourth-order valence-electron chi connectivity index (χ4n) is 2.72. The number of oxazole rings is 1. The molecule has 3 rings (SSSR count). The van der Waals surface area contributed by atoms with Gasteiger partial charge in [0, 0.05) is 6.42 Å². The van der Waals surface area contributed by atoms with E-state index in [9.17, 15) is 4.79 Å². The molecule has 1 atom stereocenters. The molecule has 1 aromatic heterocycles. The van der Waals surface area contributed by atoms with Crippen molar-refractivity contribution in [3.63, 3.8) is 0 Å². The maximum absolute atomic E-state index is 12.5. The topological polar surface area (TPSA) is 55.1 Å². The van der Waals surface area contributed by atoms with Crippen LogP contribution in [0.25, 0.3) is 0 Å². The molecule has 4 nitrogen and oxygen atoms in total. The maximum atomic E-state index is 12.5. The Morgan fingerprint density at radius 2 is 1.68 bits per heavy atom. The van der Waals surface area contributed by atoms with Crippen LogP contribution >= 0.6 is 0 Å². The monoisotopic (exact) mass is 334 g/mol. The molecule has 0 spiro atoms. The Bertz CT molecular complexity index is 797. The summed E-state index contributed by atoms with van der Waals surface area (Å²) in [5, 5.41) is 3.07. The van der Waals surface area contributed by atoms with Gasteiger partial charge < -0.3 is 9.73 Å². The van der Waals surface area contributed by atoms with E-state index in [1.807, 2.05) is 67.6 Å². The third-order valence-electron chi connectivity index (χ3n) is 4.06. The second-order valence-electron chi connectivity index (χ2n) is 6.00. The first-order chi connectivity index (χ1) is 12.2. The molecule has 4 heteroatoms. The average molecular weight is 334 g/mol. The van der Waals surface area contributed by atoms with E-state index in [1.165, 1.54) is 0 Å². The van der Waals surface area contributed by atoms with E-state index in [0.29, 0.717) is 18.7 Å².